The van der Waals surface area contributed by atoms with E-state index in [1.165, 1.54) is 0 Å². The summed E-state index contributed by atoms with van der Waals surface area (Å²) in [5, 5.41) is 3.92. The van der Waals surface area contributed by atoms with E-state index in [-0.39, 0.29) is 5.91 Å². The van der Waals surface area contributed by atoms with E-state index in [4.69, 9.17) is 4.42 Å². The molecule has 0 radical (unpaired) electrons. The minimum atomic E-state index is -1.06. The normalized spacial score (nSPS) is 12.0. The summed E-state index contributed by atoms with van der Waals surface area (Å²) in [7, 11) is -1.06. The SMILES string of the molecule is C[S@@](=O)c1ccc(C(=O)Nc2ccc(-c3cc4ccccc4o3)cc2)cc1. The number of para-hydroxylation sites is 1. The largest absolute Gasteiger partial charge is 0.456 e. The first-order chi connectivity index (χ1) is 13.1. The van der Waals surface area contributed by atoms with Crippen molar-refractivity contribution in [2.45, 2.75) is 4.90 Å². The lowest BCUT2D eigenvalue weighted by molar-refractivity contribution is 0.102. The molecular weight excluding hydrogens is 358 g/mol. The molecule has 0 unspecified atom stereocenters. The molecule has 0 aliphatic heterocycles. The summed E-state index contributed by atoms with van der Waals surface area (Å²) in [6, 6.07) is 24.1. The molecule has 4 aromatic rings. The zero-order valence-electron chi connectivity index (χ0n) is 14.6. The Labute approximate surface area is 159 Å². The summed E-state index contributed by atoms with van der Waals surface area (Å²) < 4.78 is 17.3. The van der Waals surface area contributed by atoms with Crippen molar-refractivity contribution in [1.29, 1.82) is 0 Å². The van der Waals surface area contributed by atoms with Gasteiger partial charge in [-0.05, 0) is 60.7 Å². The molecule has 27 heavy (non-hydrogen) atoms. The van der Waals surface area contributed by atoms with Crippen molar-refractivity contribution in [3.05, 3.63) is 84.4 Å². The van der Waals surface area contributed by atoms with Crippen molar-refractivity contribution >= 4 is 33.4 Å². The van der Waals surface area contributed by atoms with Crippen LogP contribution in [0.1, 0.15) is 10.4 Å². The van der Waals surface area contributed by atoms with Crippen LogP contribution in [-0.2, 0) is 10.8 Å². The number of amides is 1. The summed E-state index contributed by atoms with van der Waals surface area (Å²) >= 11 is 0. The molecule has 1 atom stereocenters. The van der Waals surface area contributed by atoms with Crippen molar-refractivity contribution in [1.82, 2.24) is 0 Å². The van der Waals surface area contributed by atoms with E-state index in [9.17, 15) is 9.00 Å². The Morgan fingerprint density at radius 3 is 2.30 bits per heavy atom. The van der Waals surface area contributed by atoms with Gasteiger partial charge >= 0.3 is 0 Å². The highest BCUT2D eigenvalue weighted by atomic mass is 32.2. The quantitative estimate of drug-likeness (QED) is 0.540. The van der Waals surface area contributed by atoms with E-state index in [0.717, 1.165) is 22.3 Å². The molecule has 0 bridgehead atoms. The van der Waals surface area contributed by atoms with E-state index in [1.807, 2.05) is 54.6 Å². The number of anilines is 1. The van der Waals surface area contributed by atoms with Gasteiger partial charge in [-0.1, -0.05) is 18.2 Å². The zero-order valence-corrected chi connectivity index (χ0v) is 15.5. The molecule has 0 aliphatic carbocycles. The lowest BCUT2D eigenvalue weighted by Gasteiger charge is -2.06. The van der Waals surface area contributed by atoms with Gasteiger partial charge in [0.05, 0.1) is 0 Å². The van der Waals surface area contributed by atoms with Crippen molar-refractivity contribution in [3.63, 3.8) is 0 Å². The number of hydrogen-bond acceptors (Lipinski definition) is 3. The third-order valence-corrected chi connectivity index (χ3v) is 5.24. The van der Waals surface area contributed by atoms with Gasteiger partial charge in [-0.25, -0.2) is 0 Å². The molecule has 1 heterocycles. The fourth-order valence-corrected chi connectivity index (χ4v) is 3.36. The van der Waals surface area contributed by atoms with Gasteiger partial charge in [-0.3, -0.25) is 9.00 Å². The van der Waals surface area contributed by atoms with Crippen LogP contribution in [0.2, 0.25) is 0 Å². The standard InChI is InChI=1S/C22H17NO3S/c1-27(25)19-12-8-16(9-13-19)22(24)23-18-10-6-15(7-11-18)21-14-17-4-2-3-5-20(17)26-21/h2-14H,1H3,(H,23,24)/t27-/m1/s1. The summed E-state index contributed by atoms with van der Waals surface area (Å²) in [4.78, 5) is 13.1. The van der Waals surface area contributed by atoms with Crippen molar-refractivity contribution in [2.24, 2.45) is 0 Å². The summed E-state index contributed by atoms with van der Waals surface area (Å²) in [6.07, 6.45) is 1.61. The molecule has 1 aromatic heterocycles. The number of nitrogens with one attached hydrogen (secondary N) is 1. The molecule has 0 aliphatic rings. The molecule has 4 rings (SSSR count). The first-order valence-electron chi connectivity index (χ1n) is 8.44. The number of benzene rings is 3. The zero-order chi connectivity index (χ0) is 18.8. The summed E-state index contributed by atoms with van der Waals surface area (Å²) in [5.41, 5.74) is 3.01. The number of carbonyl (C=O) groups excluding carboxylic acids is 1. The Balaban J connectivity index is 1.50. The van der Waals surface area contributed by atoms with Gasteiger partial charge in [0, 0.05) is 44.2 Å². The average molecular weight is 375 g/mol. The molecule has 134 valence electrons. The Morgan fingerprint density at radius 1 is 0.926 bits per heavy atom. The second-order valence-corrected chi connectivity index (χ2v) is 7.54. The van der Waals surface area contributed by atoms with Crippen LogP contribution >= 0.6 is 0 Å². The minimum Gasteiger partial charge on any atom is -0.456 e. The molecule has 0 saturated heterocycles. The molecule has 1 amide bonds. The number of hydrogen-bond donors (Lipinski definition) is 1. The fourth-order valence-electron chi connectivity index (χ4n) is 2.84. The lowest BCUT2D eigenvalue weighted by atomic mass is 10.1. The fraction of sp³-hybridized carbons (Fsp3) is 0.0455. The Bertz CT molecular complexity index is 1100. The molecule has 0 fully saturated rings. The predicted molar refractivity (Wildman–Crippen MR) is 108 cm³/mol. The van der Waals surface area contributed by atoms with Crippen LogP contribution in [0.25, 0.3) is 22.3 Å². The van der Waals surface area contributed by atoms with Crippen LogP contribution in [0.3, 0.4) is 0 Å². The molecule has 3 aromatic carbocycles. The number of carbonyl (C=O) groups is 1. The number of fused-ring (bicyclic) bond motifs is 1. The van der Waals surface area contributed by atoms with Gasteiger partial charge < -0.3 is 9.73 Å². The molecule has 1 N–H and O–H groups in total. The van der Waals surface area contributed by atoms with Crippen LogP contribution in [0, 0.1) is 0 Å². The minimum absolute atomic E-state index is 0.208. The van der Waals surface area contributed by atoms with Gasteiger partial charge in [-0.2, -0.15) is 0 Å². The second kappa shape index (κ2) is 7.21. The maximum absolute atomic E-state index is 12.4. The Hall–Kier alpha value is -3.18. The molecule has 0 saturated carbocycles. The average Bonchev–Trinajstić information content (AvgIpc) is 3.13. The van der Waals surface area contributed by atoms with E-state index in [1.54, 1.807) is 30.5 Å². The topological polar surface area (TPSA) is 59.3 Å². The van der Waals surface area contributed by atoms with Crippen molar-refractivity contribution < 1.29 is 13.4 Å². The van der Waals surface area contributed by atoms with E-state index in [0.29, 0.717) is 16.1 Å². The maximum atomic E-state index is 12.4. The van der Waals surface area contributed by atoms with Crippen LogP contribution < -0.4 is 5.32 Å². The van der Waals surface area contributed by atoms with Crippen LogP contribution in [-0.4, -0.2) is 16.4 Å². The third-order valence-electron chi connectivity index (χ3n) is 4.30. The predicted octanol–water partition coefficient (Wildman–Crippen LogP) is 5.09. The highest BCUT2D eigenvalue weighted by Gasteiger charge is 2.09. The van der Waals surface area contributed by atoms with Gasteiger partial charge in [0.15, 0.2) is 0 Å². The Morgan fingerprint density at radius 2 is 1.63 bits per heavy atom. The summed E-state index contributed by atoms with van der Waals surface area (Å²) in [6.45, 7) is 0. The summed E-state index contributed by atoms with van der Waals surface area (Å²) in [5.74, 6) is 0.581. The maximum Gasteiger partial charge on any atom is 0.255 e. The first-order valence-corrected chi connectivity index (χ1v) is 10.00. The van der Waals surface area contributed by atoms with Crippen LogP contribution in [0.15, 0.2) is 88.2 Å². The van der Waals surface area contributed by atoms with E-state index < -0.39 is 10.8 Å². The van der Waals surface area contributed by atoms with Gasteiger partial charge in [0.2, 0.25) is 0 Å². The lowest BCUT2D eigenvalue weighted by Crippen LogP contribution is -2.11. The molecule has 5 heteroatoms. The van der Waals surface area contributed by atoms with Crippen molar-refractivity contribution in [2.75, 3.05) is 11.6 Å². The smallest absolute Gasteiger partial charge is 0.255 e. The van der Waals surface area contributed by atoms with Gasteiger partial charge in [0.25, 0.3) is 5.91 Å². The molecule has 0 spiro atoms. The molecule has 4 nitrogen and oxygen atoms in total. The number of furan rings is 1. The monoisotopic (exact) mass is 375 g/mol. The van der Waals surface area contributed by atoms with E-state index in [2.05, 4.69) is 5.32 Å². The number of rotatable bonds is 4. The molecular formula is C22H17NO3S. The van der Waals surface area contributed by atoms with Crippen LogP contribution in [0.5, 0.6) is 0 Å². The second-order valence-electron chi connectivity index (χ2n) is 6.16. The highest BCUT2D eigenvalue weighted by Crippen LogP contribution is 2.28. The highest BCUT2D eigenvalue weighted by molar-refractivity contribution is 7.84. The van der Waals surface area contributed by atoms with Gasteiger partial charge in [0.1, 0.15) is 11.3 Å². The van der Waals surface area contributed by atoms with E-state index >= 15 is 0 Å². The third kappa shape index (κ3) is 3.68. The Kier molecular flexibility index (Phi) is 4.60. The van der Waals surface area contributed by atoms with Crippen molar-refractivity contribution in [3.8, 4) is 11.3 Å². The first kappa shape index (κ1) is 17.2. The van der Waals surface area contributed by atoms with Crippen LogP contribution in [0.4, 0.5) is 5.69 Å². The van der Waals surface area contributed by atoms with Gasteiger partial charge in [-0.15, -0.1) is 0 Å².